The van der Waals surface area contributed by atoms with Gasteiger partial charge in [-0.05, 0) is 6.07 Å². The summed E-state index contributed by atoms with van der Waals surface area (Å²) in [5.41, 5.74) is 1.18. The molecule has 0 radical (unpaired) electrons. The Balaban J connectivity index is 1.41. The van der Waals surface area contributed by atoms with Gasteiger partial charge in [0.1, 0.15) is 5.65 Å². The van der Waals surface area contributed by atoms with E-state index >= 15 is 0 Å². The minimum Gasteiger partial charge on any atom is -0.379 e. The lowest BCUT2D eigenvalue weighted by Crippen LogP contribution is -2.41. The van der Waals surface area contributed by atoms with E-state index in [-0.39, 0.29) is 11.7 Å². The number of aromatic amines is 1. The van der Waals surface area contributed by atoms with Gasteiger partial charge in [0, 0.05) is 44.0 Å². The molecule has 136 valence electrons. The SMILES string of the molecule is O=C(NCCN1CCOCC1)c1nc(-c2cnc3[nH]ccc3c2Cl)no1. The van der Waals surface area contributed by atoms with E-state index in [1.165, 1.54) is 0 Å². The maximum Gasteiger partial charge on any atom is 0.316 e. The summed E-state index contributed by atoms with van der Waals surface area (Å²) in [4.78, 5) is 25.8. The van der Waals surface area contributed by atoms with E-state index < -0.39 is 5.91 Å². The van der Waals surface area contributed by atoms with Gasteiger partial charge in [0.2, 0.25) is 5.82 Å². The Hall–Kier alpha value is -2.49. The van der Waals surface area contributed by atoms with Crippen molar-refractivity contribution in [3.8, 4) is 11.4 Å². The third-order valence-corrected chi connectivity index (χ3v) is 4.61. The molecule has 0 atom stereocenters. The quantitative estimate of drug-likeness (QED) is 0.691. The van der Waals surface area contributed by atoms with Crippen LogP contribution in [-0.2, 0) is 4.74 Å². The highest BCUT2D eigenvalue weighted by Gasteiger charge is 2.19. The highest BCUT2D eigenvalue weighted by molar-refractivity contribution is 6.37. The van der Waals surface area contributed by atoms with Crippen molar-refractivity contribution in [2.24, 2.45) is 0 Å². The van der Waals surface area contributed by atoms with Gasteiger partial charge in [-0.3, -0.25) is 9.69 Å². The molecule has 0 spiro atoms. The topological polar surface area (TPSA) is 109 Å². The van der Waals surface area contributed by atoms with Crippen LogP contribution in [-0.4, -0.2) is 70.3 Å². The minimum atomic E-state index is -0.413. The fourth-order valence-corrected chi connectivity index (χ4v) is 3.07. The summed E-state index contributed by atoms with van der Waals surface area (Å²) in [6, 6.07) is 1.81. The zero-order chi connectivity index (χ0) is 17.9. The number of aromatic nitrogens is 4. The van der Waals surface area contributed by atoms with Crippen molar-refractivity contribution in [2.45, 2.75) is 0 Å². The molecule has 1 aliphatic rings. The maximum absolute atomic E-state index is 12.2. The van der Waals surface area contributed by atoms with Gasteiger partial charge in [0.05, 0.1) is 23.8 Å². The van der Waals surface area contributed by atoms with E-state index in [4.69, 9.17) is 20.9 Å². The van der Waals surface area contributed by atoms with Crippen molar-refractivity contribution in [1.82, 2.24) is 30.3 Å². The molecule has 4 heterocycles. The summed E-state index contributed by atoms with van der Waals surface area (Å²) in [6.07, 6.45) is 3.29. The molecule has 26 heavy (non-hydrogen) atoms. The lowest BCUT2D eigenvalue weighted by molar-refractivity contribution is 0.0382. The second-order valence-electron chi connectivity index (χ2n) is 5.86. The Morgan fingerprint density at radius 2 is 2.23 bits per heavy atom. The number of pyridine rings is 1. The highest BCUT2D eigenvalue weighted by atomic mass is 35.5. The smallest absolute Gasteiger partial charge is 0.316 e. The Morgan fingerprint density at radius 1 is 1.38 bits per heavy atom. The molecule has 10 heteroatoms. The molecular formula is C16H17ClN6O3. The number of H-pyrrole nitrogens is 1. The van der Waals surface area contributed by atoms with Gasteiger partial charge in [-0.25, -0.2) is 4.98 Å². The first-order chi connectivity index (χ1) is 12.7. The summed E-state index contributed by atoms with van der Waals surface area (Å²) >= 11 is 6.38. The Bertz CT molecular complexity index is 918. The molecule has 0 unspecified atom stereocenters. The fraction of sp³-hybridized carbons (Fsp3) is 0.375. The molecule has 3 aromatic heterocycles. The molecule has 0 bridgehead atoms. The largest absolute Gasteiger partial charge is 0.379 e. The Morgan fingerprint density at radius 3 is 3.08 bits per heavy atom. The lowest BCUT2D eigenvalue weighted by Gasteiger charge is -2.26. The van der Waals surface area contributed by atoms with Gasteiger partial charge in [-0.1, -0.05) is 16.8 Å². The number of carbonyl (C=O) groups excluding carboxylic acids is 1. The number of hydrogen-bond donors (Lipinski definition) is 2. The number of halogens is 1. The van der Waals surface area contributed by atoms with Crippen LogP contribution < -0.4 is 5.32 Å². The predicted molar refractivity (Wildman–Crippen MR) is 94.0 cm³/mol. The lowest BCUT2D eigenvalue weighted by atomic mass is 10.2. The number of fused-ring (bicyclic) bond motifs is 1. The van der Waals surface area contributed by atoms with Crippen LogP contribution in [0.5, 0.6) is 0 Å². The van der Waals surface area contributed by atoms with E-state index in [1.54, 1.807) is 12.4 Å². The van der Waals surface area contributed by atoms with E-state index in [0.717, 1.165) is 38.2 Å². The number of rotatable bonds is 5. The molecule has 1 fully saturated rings. The van der Waals surface area contributed by atoms with Gasteiger partial charge in [0.15, 0.2) is 0 Å². The first kappa shape index (κ1) is 17.0. The van der Waals surface area contributed by atoms with Gasteiger partial charge in [0.25, 0.3) is 0 Å². The normalized spacial score (nSPS) is 15.4. The first-order valence-corrected chi connectivity index (χ1v) is 8.64. The molecule has 1 saturated heterocycles. The first-order valence-electron chi connectivity index (χ1n) is 8.26. The summed E-state index contributed by atoms with van der Waals surface area (Å²) in [5.74, 6) is -0.292. The minimum absolute atomic E-state index is 0.104. The zero-order valence-corrected chi connectivity index (χ0v) is 14.6. The number of ether oxygens (including phenoxy) is 1. The van der Waals surface area contributed by atoms with Crippen LogP contribution in [0.2, 0.25) is 5.02 Å². The van der Waals surface area contributed by atoms with Crippen LogP contribution in [0.15, 0.2) is 23.0 Å². The fourth-order valence-electron chi connectivity index (χ4n) is 2.78. The molecule has 4 rings (SSSR count). The molecule has 0 saturated carbocycles. The number of nitrogens with zero attached hydrogens (tertiary/aromatic N) is 4. The second kappa shape index (κ2) is 7.40. The second-order valence-corrected chi connectivity index (χ2v) is 6.24. The van der Waals surface area contributed by atoms with E-state index in [9.17, 15) is 4.79 Å². The number of amides is 1. The molecule has 0 aromatic carbocycles. The van der Waals surface area contributed by atoms with E-state index in [0.29, 0.717) is 22.8 Å². The monoisotopic (exact) mass is 376 g/mol. The summed E-state index contributed by atoms with van der Waals surface area (Å²) in [5, 5.41) is 7.84. The number of morpholine rings is 1. The van der Waals surface area contributed by atoms with Crippen LogP contribution in [0, 0.1) is 0 Å². The molecule has 2 N–H and O–H groups in total. The third kappa shape index (κ3) is 3.41. The van der Waals surface area contributed by atoms with Crippen molar-refractivity contribution in [3.63, 3.8) is 0 Å². The van der Waals surface area contributed by atoms with E-state index in [2.05, 4.69) is 30.3 Å². The third-order valence-electron chi connectivity index (χ3n) is 4.20. The molecule has 3 aromatic rings. The van der Waals surface area contributed by atoms with Crippen molar-refractivity contribution in [2.75, 3.05) is 39.4 Å². The van der Waals surface area contributed by atoms with Crippen molar-refractivity contribution in [3.05, 3.63) is 29.4 Å². The van der Waals surface area contributed by atoms with Crippen LogP contribution in [0.4, 0.5) is 0 Å². The number of nitrogens with one attached hydrogen (secondary N) is 2. The summed E-state index contributed by atoms with van der Waals surface area (Å²) in [7, 11) is 0. The van der Waals surface area contributed by atoms with Crippen LogP contribution in [0.25, 0.3) is 22.4 Å². The van der Waals surface area contributed by atoms with Gasteiger partial charge < -0.3 is 19.6 Å². The van der Waals surface area contributed by atoms with Gasteiger partial charge >= 0.3 is 11.8 Å². The van der Waals surface area contributed by atoms with Gasteiger partial charge in [-0.2, -0.15) is 4.98 Å². The maximum atomic E-state index is 12.2. The van der Waals surface area contributed by atoms with Gasteiger partial charge in [-0.15, -0.1) is 0 Å². The average Bonchev–Trinajstić information content (AvgIpc) is 3.33. The Labute approximate surface area is 153 Å². The van der Waals surface area contributed by atoms with Crippen molar-refractivity contribution >= 4 is 28.5 Å². The molecule has 9 nitrogen and oxygen atoms in total. The Kier molecular flexibility index (Phi) is 4.83. The molecular weight excluding hydrogens is 360 g/mol. The highest BCUT2D eigenvalue weighted by Crippen LogP contribution is 2.31. The van der Waals surface area contributed by atoms with Crippen LogP contribution >= 0.6 is 11.6 Å². The summed E-state index contributed by atoms with van der Waals surface area (Å²) in [6.45, 7) is 4.42. The zero-order valence-electron chi connectivity index (χ0n) is 13.9. The number of hydrogen-bond acceptors (Lipinski definition) is 7. The van der Waals surface area contributed by atoms with E-state index in [1.807, 2.05) is 6.07 Å². The van der Waals surface area contributed by atoms with Crippen LogP contribution in [0.3, 0.4) is 0 Å². The summed E-state index contributed by atoms with van der Waals surface area (Å²) < 4.78 is 10.4. The standard InChI is InChI=1S/C16H17ClN6O3/c17-12-10-1-2-18-13(10)20-9-11(12)14-21-16(26-22-14)15(24)19-3-4-23-5-7-25-8-6-23/h1-2,9H,3-8H2,(H,18,20)(H,19,24). The predicted octanol–water partition coefficient (Wildman–Crippen LogP) is 1.33. The van der Waals surface area contributed by atoms with Crippen LogP contribution in [0.1, 0.15) is 10.7 Å². The van der Waals surface area contributed by atoms with Crippen molar-refractivity contribution in [1.29, 1.82) is 0 Å². The number of carbonyl (C=O) groups is 1. The average molecular weight is 377 g/mol. The molecule has 0 aliphatic carbocycles. The van der Waals surface area contributed by atoms with Crippen molar-refractivity contribution < 1.29 is 14.1 Å². The molecule has 1 aliphatic heterocycles. The molecule has 1 amide bonds.